The fraction of sp³-hybridized carbons (Fsp3) is 0.222. The van der Waals surface area contributed by atoms with Crippen molar-refractivity contribution in [1.29, 1.82) is 0 Å². The van der Waals surface area contributed by atoms with Crippen molar-refractivity contribution in [3.63, 3.8) is 0 Å². The Morgan fingerprint density at radius 2 is 2.00 bits per heavy atom. The molecule has 0 bridgehead atoms. The number of carbonyl (C=O) groups is 1. The molecule has 0 unspecified atom stereocenters. The lowest BCUT2D eigenvalue weighted by atomic mass is 10.1. The normalized spacial score (nSPS) is 9.85. The molecule has 0 radical (unpaired) electrons. The molecule has 0 aliphatic heterocycles. The number of benzene rings is 1. The number of ether oxygens (including phenoxy) is 1. The van der Waals surface area contributed by atoms with Crippen LogP contribution >= 0.6 is 0 Å². The van der Waals surface area contributed by atoms with Crippen molar-refractivity contribution in [3.8, 4) is 0 Å². The van der Waals surface area contributed by atoms with Gasteiger partial charge < -0.3 is 4.74 Å². The number of halogens is 2. The van der Waals surface area contributed by atoms with Gasteiger partial charge in [-0.15, -0.1) is 0 Å². The van der Waals surface area contributed by atoms with Gasteiger partial charge in [-0.25, -0.2) is 13.6 Å². The summed E-state index contributed by atoms with van der Waals surface area (Å²) < 4.78 is 30.0. The Bertz CT molecular complexity index is 348. The third-order valence-electron chi connectivity index (χ3n) is 1.58. The van der Waals surface area contributed by atoms with E-state index in [2.05, 4.69) is 4.74 Å². The molecular weight excluding hydrogens is 178 g/mol. The summed E-state index contributed by atoms with van der Waals surface area (Å²) in [5.41, 5.74) is 0.0966. The Hall–Kier alpha value is -1.45. The highest BCUT2D eigenvalue weighted by Crippen LogP contribution is 2.15. The molecule has 0 saturated carbocycles. The average Bonchev–Trinajstić information content (AvgIpc) is 2.10. The molecule has 0 amide bonds. The van der Waals surface area contributed by atoms with E-state index in [1.54, 1.807) is 6.92 Å². The zero-order chi connectivity index (χ0) is 10.0. The molecule has 0 aliphatic rings. The summed E-state index contributed by atoms with van der Waals surface area (Å²) in [5, 5.41) is 0. The first-order valence-electron chi connectivity index (χ1n) is 3.60. The molecule has 0 N–H and O–H groups in total. The second kappa shape index (κ2) is 3.51. The van der Waals surface area contributed by atoms with Gasteiger partial charge in [-0.1, -0.05) is 0 Å². The molecule has 4 heteroatoms. The lowest BCUT2D eigenvalue weighted by Crippen LogP contribution is -2.06. The minimum atomic E-state index is -1.17. The number of methoxy groups -OCH3 is 1. The van der Waals surface area contributed by atoms with Crippen molar-refractivity contribution >= 4 is 5.97 Å². The van der Waals surface area contributed by atoms with Crippen LogP contribution in [0.2, 0.25) is 0 Å². The van der Waals surface area contributed by atoms with Crippen molar-refractivity contribution in [3.05, 3.63) is 34.9 Å². The Morgan fingerprint density at radius 1 is 1.38 bits per heavy atom. The van der Waals surface area contributed by atoms with E-state index in [-0.39, 0.29) is 5.56 Å². The molecule has 0 atom stereocenters. The molecule has 1 aromatic rings. The molecular formula is C9H8F2O2. The molecule has 0 fully saturated rings. The minimum absolute atomic E-state index is 0.375. The zero-order valence-corrected chi connectivity index (χ0v) is 7.23. The number of esters is 1. The van der Waals surface area contributed by atoms with Crippen LogP contribution in [0.4, 0.5) is 8.78 Å². The predicted molar refractivity (Wildman–Crippen MR) is 42.4 cm³/mol. The van der Waals surface area contributed by atoms with Gasteiger partial charge in [0.2, 0.25) is 0 Å². The maximum Gasteiger partial charge on any atom is 0.340 e. The van der Waals surface area contributed by atoms with Crippen molar-refractivity contribution in [2.45, 2.75) is 6.92 Å². The number of rotatable bonds is 1. The van der Waals surface area contributed by atoms with Crippen LogP contribution in [0.1, 0.15) is 15.9 Å². The lowest BCUT2D eigenvalue weighted by Gasteiger charge is -2.02. The Morgan fingerprint density at radius 3 is 2.54 bits per heavy atom. The van der Waals surface area contributed by atoms with Gasteiger partial charge in [-0.2, -0.15) is 0 Å². The smallest absolute Gasteiger partial charge is 0.340 e. The fourth-order valence-corrected chi connectivity index (χ4v) is 0.983. The van der Waals surface area contributed by atoms with Gasteiger partial charge in [0.25, 0.3) is 0 Å². The van der Waals surface area contributed by atoms with E-state index in [1.807, 2.05) is 0 Å². The molecule has 0 aromatic heterocycles. The van der Waals surface area contributed by atoms with Gasteiger partial charge in [-0.3, -0.25) is 0 Å². The maximum atomic E-state index is 12.9. The number of hydrogen-bond acceptors (Lipinski definition) is 2. The van der Waals surface area contributed by atoms with Crippen molar-refractivity contribution in [1.82, 2.24) is 0 Å². The third kappa shape index (κ3) is 1.83. The highest BCUT2D eigenvalue weighted by molar-refractivity contribution is 5.89. The van der Waals surface area contributed by atoms with Crippen molar-refractivity contribution in [2.24, 2.45) is 0 Å². The molecule has 0 heterocycles. The van der Waals surface area contributed by atoms with E-state index in [4.69, 9.17) is 0 Å². The number of aryl methyl sites for hydroxylation is 1. The standard InChI is InChI=1S/C9H8F2O2/c1-5-3-6(9(12)13-2)8(11)7(10)4-5/h3-4H,1-2H3. The third-order valence-corrected chi connectivity index (χ3v) is 1.58. The molecule has 1 rings (SSSR count). The zero-order valence-electron chi connectivity index (χ0n) is 7.23. The number of hydrogen-bond donors (Lipinski definition) is 0. The van der Waals surface area contributed by atoms with Gasteiger partial charge >= 0.3 is 5.97 Å². The van der Waals surface area contributed by atoms with Crippen LogP contribution in [0.25, 0.3) is 0 Å². The summed E-state index contributed by atoms with van der Waals surface area (Å²) in [6, 6.07) is 2.26. The largest absolute Gasteiger partial charge is 0.465 e. The van der Waals surface area contributed by atoms with Gasteiger partial charge in [0.15, 0.2) is 11.6 Å². The maximum absolute atomic E-state index is 12.9. The van der Waals surface area contributed by atoms with E-state index in [9.17, 15) is 13.6 Å². The second-order valence-electron chi connectivity index (χ2n) is 2.60. The molecule has 13 heavy (non-hydrogen) atoms. The van der Waals surface area contributed by atoms with Crippen LogP contribution in [0, 0.1) is 18.6 Å². The summed E-state index contributed by atoms with van der Waals surface area (Å²) in [6.07, 6.45) is 0. The summed E-state index contributed by atoms with van der Waals surface area (Å²) in [7, 11) is 1.11. The van der Waals surface area contributed by atoms with Crippen molar-refractivity contribution in [2.75, 3.05) is 7.11 Å². The molecule has 0 spiro atoms. The van der Waals surface area contributed by atoms with E-state index in [1.165, 1.54) is 6.07 Å². The molecule has 2 nitrogen and oxygen atoms in total. The summed E-state index contributed by atoms with van der Waals surface area (Å²) in [5.74, 6) is -3.09. The average molecular weight is 186 g/mol. The quantitative estimate of drug-likeness (QED) is 0.627. The highest BCUT2D eigenvalue weighted by Gasteiger charge is 2.16. The molecule has 1 aromatic carbocycles. The van der Waals surface area contributed by atoms with Gasteiger partial charge in [-0.05, 0) is 24.6 Å². The van der Waals surface area contributed by atoms with Gasteiger partial charge in [0, 0.05) is 0 Å². The Balaban J connectivity index is 3.28. The lowest BCUT2D eigenvalue weighted by molar-refractivity contribution is 0.0594. The van der Waals surface area contributed by atoms with E-state index in [0.717, 1.165) is 13.2 Å². The number of carbonyl (C=O) groups excluding carboxylic acids is 1. The minimum Gasteiger partial charge on any atom is -0.465 e. The van der Waals surface area contributed by atoms with E-state index < -0.39 is 17.6 Å². The van der Waals surface area contributed by atoms with Crippen LogP contribution in [-0.2, 0) is 4.74 Å². The SMILES string of the molecule is COC(=O)c1cc(C)cc(F)c1F. The Kier molecular flexibility index (Phi) is 2.60. The first-order chi connectivity index (χ1) is 6.06. The highest BCUT2D eigenvalue weighted by atomic mass is 19.2. The molecule has 70 valence electrons. The van der Waals surface area contributed by atoms with Crippen LogP contribution in [0.5, 0.6) is 0 Å². The predicted octanol–water partition coefficient (Wildman–Crippen LogP) is 2.06. The fourth-order valence-electron chi connectivity index (χ4n) is 0.983. The molecule has 0 aliphatic carbocycles. The summed E-state index contributed by atoms with van der Waals surface area (Å²) in [4.78, 5) is 10.9. The Labute approximate surface area is 74.1 Å². The van der Waals surface area contributed by atoms with Gasteiger partial charge in [0.1, 0.15) is 0 Å². The first kappa shape index (κ1) is 9.64. The van der Waals surface area contributed by atoms with Gasteiger partial charge in [0.05, 0.1) is 12.7 Å². The van der Waals surface area contributed by atoms with E-state index >= 15 is 0 Å². The summed E-state index contributed by atoms with van der Waals surface area (Å²) in [6.45, 7) is 1.56. The van der Waals surface area contributed by atoms with Crippen LogP contribution in [-0.4, -0.2) is 13.1 Å². The van der Waals surface area contributed by atoms with Crippen LogP contribution in [0.3, 0.4) is 0 Å². The van der Waals surface area contributed by atoms with Crippen molar-refractivity contribution < 1.29 is 18.3 Å². The summed E-state index contributed by atoms with van der Waals surface area (Å²) >= 11 is 0. The van der Waals surface area contributed by atoms with E-state index in [0.29, 0.717) is 5.56 Å². The first-order valence-corrected chi connectivity index (χ1v) is 3.60. The molecule has 0 saturated heterocycles. The second-order valence-corrected chi connectivity index (χ2v) is 2.60. The monoisotopic (exact) mass is 186 g/mol. The van der Waals surface area contributed by atoms with Crippen LogP contribution in [0.15, 0.2) is 12.1 Å². The van der Waals surface area contributed by atoms with Crippen LogP contribution < -0.4 is 0 Å². The topological polar surface area (TPSA) is 26.3 Å².